The normalized spacial score (nSPS) is 18.7. The van der Waals surface area contributed by atoms with Crippen molar-refractivity contribution in [3.05, 3.63) is 58.1 Å². The Morgan fingerprint density at radius 3 is 2.70 bits per heavy atom. The number of amides is 2. The monoisotopic (exact) mass is 427 g/mol. The third-order valence-electron chi connectivity index (χ3n) is 5.33. The Balaban J connectivity index is 1.65. The molecule has 0 unspecified atom stereocenters. The number of halogens is 1. The number of anilines is 2. The highest BCUT2D eigenvalue weighted by Crippen LogP contribution is 2.35. The van der Waals surface area contributed by atoms with Crippen LogP contribution in [0.3, 0.4) is 0 Å². The molecule has 5 nitrogen and oxygen atoms in total. The number of carbonyl (C=O) groups excluding carboxylic acids is 2. The van der Waals surface area contributed by atoms with Crippen LogP contribution in [0, 0.1) is 0 Å². The fourth-order valence-corrected chi connectivity index (χ4v) is 4.26. The molecule has 2 amide bonds. The Kier molecular flexibility index (Phi) is 4.91. The van der Waals surface area contributed by atoms with Crippen molar-refractivity contribution in [3.8, 4) is 0 Å². The van der Waals surface area contributed by atoms with Gasteiger partial charge in [-0.2, -0.15) is 0 Å². The number of carbonyl (C=O) groups is 2. The lowest BCUT2D eigenvalue weighted by Crippen LogP contribution is -2.57. The fourth-order valence-electron chi connectivity index (χ4n) is 4.00. The summed E-state index contributed by atoms with van der Waals surface area (Å²) in [6.07, 6.45) is 3.27. The highest BCUT2D eigenvalue weighted by Gasteiger charge is 2.38. The summed E-state index contributed by atoms with van der Waals surface area (Å²) in [5.41, 5.74) is 2.86. The lowest BCUT2D eigenvalue weighted by molar-refractivity contribution is 0.0582. The predicted molar refractivity (Wildman–Crippen MR) is 110 cm³/mol. The van der Waals surface area contributed by atoms with Gasteiger partial charge in [-0.1, -0.05) is 15.9 Å². The third-order valence-corrected chi connectivity index (χ3v) is 5.86. The number of hydrogen-bond donors (Lipinski definition) is 1. The van der Waals surface area contributed by atoms with Crippen molar-refractivity contribution in [1.82, 2.24) is 4.90 Å². The molecule has 0 bridgehead atoms. The molecule has 4 rings (SSSR count). The maximum Gasteiger partial charge on any atom is 0.257 e. The van der Waals surface area contributed by atoms with Crippen LogP contribution in [0.25, 0.3) is 0 Å². The molecule has 0 aliphatic carbocycles. The first-order chi connectivity index (χ1) is 13.1. The topological polar surface area (TPSA) is 52.7 Å². The van der Waals surface area contributed by atoms with Gasteiger partial charge in [0.2, 0.25) is 0 Å². The molecule has 1 atom stereocenters. The van der Waals surface area contributed by atoms with E-state index >= 15 is 0 Å². The summed E-state index contributed by atoms with van der Waals surface area (Å²) in [6.45, 7) is 3.71. The van der Waals surface area contributed by atoms with Gasteiger partial charge in [0.1, 0.15) is 6.17 Å². The van der Waals surface area contributed by atoms with E-state index in [2.05, 4.69) is 33.1 Å². The predicted octanol–water partition coefficient (Wildman–Crippen LogP) is 4.49. The van der Waals surface area contributed by atoms with Gasteiger partial charge in [-0.05, 0) is 68.7 Å². The van der Waals surface area contributed by atoms with Gasteiger partial charge in [0, 0.05) is 28.8 Å². The quantitative estimate of drug-likeness (QED) is 0.784. The smallest absolute Gasteiger partial charge is 0.257 e. The van der Waals surface area contributed by atoms with Crippen molar-refractivity contribution in [3.63, 3.8) is 0 Å². The second-order valence-electron chi connectivity index (χ2n) is 6.95. The number of piperidine rings is 1. The zero-order valence-electron chi connectivity index (χ0n) is 15.2. The molecular formula is C21H22BrN3O2. The second kappa shape index (κ2) is 7.35. The number of benzene rings is 2. The summed E-state index contributed by atoms with van der Waals surface area (Å²) >= 11 is 3.39. The van der Waals surface area contributed by atoms with Crippen molar-refractivity contribution in [2.75, 3.05) is 23.3 Å². The first kappa shape index (κ1) is 18.0. The zero-order chi connectivity index (χ0) is 19.0. The first-order valence-corrected chi connectivity index (χ1v) is 10.2. The van der Waals surface area contributed by atoms with Crippen LogP contribution in [-0.2, 0) is 0 Å². The summed E-state index contributed by atoms with van der Waals surface area (Å²) in [4.78, 5) is 29.9. The van der Waals surface area contributed by atoms with E-state index < -0.39 is 0 Å². The molecule has 27 heavy (non-hydrogen) atoms. The van der Waals surface area contributed by atoms with Crippen LogP contribution >= 0.6 is 15.9 Å². The van der Waals surface area contributed by atoms with Crippen LogP contribution in [0.2, 0.25) is 0 Å². The summed E-state index contributed by atoms with van der Waals surface area (Å²) in [6, 6.07) is 12.9. The third kappa shape index (κ3) is 3.34. The van der Waals surface area contributed by atoms with Gasteiger partial charge in [0.15, 0.2) is 0 Å². The van der Waals surface area contributed by atoms with Gasteiger partial charge in [-0.15, -0.1) is 0 Å². The minimum atomic E-state index is -0.172. The van der Waals surface area contributed by atoms with E-state index in [4.69, 9.17) is 0 Å². The van der Waals surface area contributed by atoms with Gasteiger partial charge in [0.05, 0.1) is 11.3 Å². The molecule has 0 radical (unpaired) electrons. The number of nitrogens with zero attached hydrogens (tertiary/aromatic N) is 2. The molecule has 1 N–H and O–H groups in total. The van der Waals surface area contributed by atoms with E-state index in [0.717, 1.165) is 48.2 Å². The number of rotatable bonds is 3. The fraction of sp³-hybridized carbons (Fsp3) is 0.333. The summed E-state index contributed by atoms with van der Waals surface area (Å²) < 4.78 is 0.961. The molecule has 1 fully saturated rings. The first-order valence-electron chi connectivity index (χ1n) is 9.37. The Morgan fingerprint density at radius 2 is 1.96 bits per heavy atom. The maximum absolute atomic E-state index is 12.9. The average molecular weight is 428 g/mol. The van der Waals surface area contributed by atoms with Crippen LogP contribution < -0.4 is 10.2 Å². The molecule has 1 saturated heterocycles. The molecular weight excluding hydrogens is 406 g/mol. The molecule has 2 heterocycles. The van der Waals surface area contributed by atoms with Crippen LogP contribution in [0.5, 0.6) is 0 Å². The van der Waals surface area contributed by atoms with E-state index in [1.807, 2.05) is 35.2 Å². The van der Waals surface area contributed by atoms with Gasteiger partial charge in [-0.3, -0.25) is 9.59 Å². The average Bonchev–Trinajstić information content (AvgIpc) is 2.70. The lowest BCUT2D eigenvalue weighted by atomic mass is 9.97. The summed E-state index contributed by atoms with van der Waals surface area (Å²) in [7, 11) is 0. The lowest BCUT2D eigenvalue weighted by Gasteiger charge is -2.47. The molecule has 140 valence electrons. The van der Waals surface area contributed by atoms with E-state index in [0.29, 0.717) is 11.1 Å². The Morgan fingerprint density at radius 1 is 1.19 bits per heavy atom. The van der Waals surface area contributed by atoms with E-state index in [1.165, 1.54) is 0 Å². The van der Waals surface area contributed by atoms with Gasteiger partial charge in [0.25, 0.3) is 11.8 Å². The molecule has 0 spiro atoms. The highest BCUT2D eigenvalue weighted by molar-refractivity contribution is 9.10. The molecule has 0 saturated carbocycles. The van der Waals surface area contributed by atoms with Crippen molar-refractivity contribution in [2.24, 2.45) is 0 Å². The Labute approximate surface area is 167 Å². The van der Waals surface area contributed by atoms with E-state index in [9.17, 15) is 9.59 Å². The second-order valence-corrected chi connectivity index (χ2v) is 7.87. The van der Waals surface area contributed by atoms with Crippen molar-refractivity contribution >= 4 is 39.1 Å². The minimum absolute atomic E-state index is 0.0827. The van der Waals surface area contributed by atoms with Crippen molar-refractivity contribution < 1.29 is 9.59 Å². The van der Waals surface area contributed by atoms with Crippen molar-refractivity contribution in [1.29, 1.82) is 0 Å². The van der Waals surface area contributed by atoms with Gasteiger partial charge >= 0.3 is 0 Å². The van der Waals surface area contributed by atoms with Gasteiger partial charge in [-0.25, -0.2) is 0 Å². The zero-order valence-corrected chi connectivity index (χ0v) is 16.8. The summed E-state index contributed by atoms with van der Waals surface area (Å²) in [5, 5.41) is 2.92. The number of hydrogen-bond acceptors (Lipinski definition) is 3. The molecule has 2 aromatic rings. The van der Waals surface area contributed by atoms with Crippen LogP contribution in [0.15, 0.2) is 46.9 Å². The van der Waals surface area contributed by atoms with E-state index in [1.54, 1.807) is 12.1 Å². The minimum Gasteiger partial charge on any atom is -0.351 e. The SMILES string of the molecule is CCN1c2cc(C(=O)Nc3ccc(Br)cc3)ccc2C(=O)N2CCCC[C@H]21. The van der Waals surface area contributed by atoms with Gasteiger partial charge < -0.3 is 15.1 Å². The largest absolute Gasteiger partial charge is 0.351 e. The Bertz CT molecular complexity index is 881. The Hall–Kier alpha value is -2.34. The van der Waals surface area contributed by atoms with Crippen LogP contribution in [0.4, 0.5) is 11.4 Å². The van der Waals surface area contributed by atoms with E-state index in [-0.39, 0.29) is 18.0 Å². The molecule has 0 aromatic heterocycles. The summed E-state index contributed by atoms with van der Waals surface area (Å²) in [5.74, 6) is -0.0889. The highest BCUT2D eigenvalue weighted by atomic mass is 79.9. The molecule has 2 aliphatic heterocycles. The standard InChI is InChI=1S/C21H22BrN3O2/c1-2-24-18-13-14(20(26)23-16-9-7-15(22)8-10-16)6-11-17(18)21(27)25-12-4-3-5-19(24)25/h6-11,13,19H,2-5,12H2,1H3,(H,23,26)/t19-/m0/s1. The van der Waals surface area contributed by atoms with Crippen molar-refractivity contribution in [2.45, 2.75) is 32.4 Å². The maximum atomic E-state index is 12.9. The van der Waals surface area contributed by atoms with Crippen LogP contribution in [-0.4, -0.2) is 36.0 Å². The molecule has 6 heteroatoms. The molecule has 2 aromatic carbocycles. The number of fused-ring (bicyclic) bond motifs is 2. The van der Waals surface area contributed by atoms with Crippen LogP contribution in [0.1, 0.15) is 46.9 Å². The number of nitrogens with one attached hydrogen (secondary N) is 1. The molecule has 2 aliphatic rings.